The first-order valence-corrected chi connectivity index (χ1v) is 17.9. The third-order valence-corrected chi connectivity index (χ3v) is 12.8. The van der Waals surface area contributed by atoms with Crippen molar-refractivity contribution in [3.63, 3.8) is 0 Å². The van der Waals surface area contributed by atoms with E-state index in [0.717, 1.165) is 33.8 Å². The number of methoxy groups -OCH3 is 2. The predicted molar refractivity (Wildman–Crippen MR) is 174 cm³/mol. The zero-order chi connectivity index (χ0) is 31.7. The molecule has 0 aliphatic carbocycles. The molecule has 0 saturated heterocycles. The highest BCUT2D eigenvalue weighted by atomic mass is 28.4. The number of hydrogen-bond donors (Lipinski definition) is 0. The van der Waals surface area contributed by atoms with Crippen molar-refractivity contribution in [1.82, 2.24) is 0 Å². The number of carbonyl (C=O) groups excluding carboxylic acids is 1. The highest BCUT2D eigenvalue weighted by molar-refractivity contribution is 6.74. The Kier molecular flexibility index (Phi) is 13.3. The van der Waals surface area contributed by atoms with Gasteiger partial charge in [-0.1, -0.05) is 58.4 Å². The summed E-state index contributed by atoms with van der Waals surface area (Å²) in [7, 11) is 1.27. The lowest BCUT2D eigenvalue weighted by Gasteiger charge is -2.42. The van der Waals surface area contributed by atoms with Crippen LogP contribution in [0.5, 0.6) is 17.2 Å². The summed E-state index contributed by atoms with van der Waals surface area (Å²) in [6.07, 6.45) is 3.20. The molecule has 0 aliphatic rings. The van der Waals surface area contributed by atoms with Gasteiger partial charge in [0.05, 0.1) is 33.5 Å². The van der Waals surface area contributed by atoms with Gasteiger partial charge in [-0.3, -0.25) is 4.79 Å². The minimum Gasteiger partial charge on any atom is -0.497 e. The molecular formula is C35H54O6Si. The van der Waals surface area contributed by atoms with Gasteiger partial charge in [0.2, 0.25) is 0 Å². The molecule has 0 heterocycles. The van der Waals surface area contributed by atoms with Crippen LogP contribution in [0.3, 0.4) is 0 Å². The SMILES string of the molecule is COc1ccc(COC[C@H](C)[C@H](O[Si](C)(C)C(C)(C)C)[C@@H](C)/C=C(/C)CCC(=O)Oc2c(C)cc(OC)cc2C)cc1. The van der Waals surface area contributed by atoms with E-state index in [1.807, 2.05) is 50.2 Å². The normalized spacial score (nSPS) is 14.7. The molecule has 0 aromatic heterocycles. The van der Waals surface area contributed by atoms with E-state index in [4.69, 9.17) is 23.4 Å². The Bertz CT molecular complexity index is 1160. The highest BCUT2D eigenvalue weighted by Crippen LogP contribution is 2.39. The Morgan fingerprint density at radius 3 is 2.02 bits per heavy atom. The first-order valence-electron chi connectivity index (χ1n) is 15.0. The molecule has 0 spiro atoms. The van der Waals surface area contributed by atoms with E-state index in [1.54, 1.807) is 14.2 Å². The third-order valence-electron chi connectivity index (χ3n) is 8.28. The second-order valence-electron chi connectivity index (χ2n) is 13.1. The fourth-order valence-corrected chi connectivity index (χ4v) is 6.20. The second-order valence-corrected chi connectivity index (χ2v) is 17.9. The zero-order valence-corrected chi connectivity index (χ0v) is 29.1. The summed E-state index contributed by atoms with van der Waals surface area (Å²) < 4.78 is 29.5. The number of ether oxygens (including phenoxy) is 4. The summed E-state index contributed by atoms with van der Waals surface area (Å²) in [6, 6.07) is 11.7. The number of allylic oxidation sites excluding steroid dienone is 1. The van der Waals surface area contributed by atoms with Crippen molar-refractivity contribution in [2.45, 2.75) is 99.1 Å². The zero-order valence-electron chi connectivity index (χ0n) is 28.1. The van der Waals surface area contributed by atoms with Gasteiger partial charge < -0.3 is 23.4 Å². The fraction of sp³-hybridized carbons (Fsp3) is 0.571. The molecule has 6 nitrogen and oxygen atoms in total. The van der Waals surface area contributed by atoms with Crippen LogP contribution < -0.4 is 14.2 Å². The molecule has 0 amide bonds. The van der Waals surface area contributed by atoms with Crippen LogP contribution in [-0.4, -0.2) is 41.2 Å². The summed E-state index contributed by atoms with van der Waals surface area (Å²) in [6.45, 7) is 22.9. The molecule has 2 aromatic rings. The van der Waals surface area contributed by atoms with Crippen molar-refractivity contribution in [3.05, 3.63) is 64.7 Å². The minimum absolute atomic E-state index is 0.00624. The molecule has 0 fully saturated rings. The molecule has 0 saturated carbocycles. The van der Waals surface area contributed by atoms with Crippen LogP contribution in [-0.2, 0) is 20.6 Å². The van der Waals surface area contributed by atoms with Gasteiger partial charge in [-0.05, 0) is 92.2 Å². The van der Waals surface area contributed by atoms with E-state index >= 15 is 0 Å². The Labute approximate surface area is 255 Å². The second kappa shape index (κ2) is 15.7. The van der Waals surface area contributed by atoms with Gasteiger partial charge in [0.25, 0.3) is 0 Å². The van der Waals surface area contributed by atoms with Crippen LogP contribution >= 0.6 is 0 Å². The third kappa shape index (κ3) is 10.6. The van der Waals surface area contributed by atoms with Crippen molar-refractivity contribution >= 4 is 14.3 Å². The molecule has 234 valence electrons. The number of carbonyl (C=O) groups is 1. The van der Waals surface area contributed by atoms with Crippen molar-refractivity contribution in [2.24, 2.45) is 11.8 Å². The Morgan fingerprint density at radius 1 is 0.929 bits per heavy atom. The minimum atomic E-state index is -2.04. The molecule has 0 radical (unpaired) electrons. The van der Waals surface area contributed by atoms with Gasteiger partial charge in [-0.25, -0.2) is 0 Å². The molecular weight excluding hydrogens is 544 g/mol. The quantitative estimate of drug-likeness (QED) is 0.0883. The Morgan fingerprint density at radius 2 is 1.50 bits per heavy atom. The summed E-state index contributed by atoms with van der Waals surface area (Å²) in [4.78, 5) is 12.7. The van der Waals surface area contributed by atoms with Crippen LogP contribution in [0.25, 0.3) is 0 Å². The lowest BCUT2D eigenvalue weighted by Crippen LogP contribution is -2.47. The monoisotopic (exact) mass is 598 g/mol. The first-order chi connectivity index (χ1) is 19.6. The molecule has 3 atom stereocenters. The number of aryl methyl sites for hydroxylation is 2. The summed E-state index contributed by atoms with van der Waals surface area (Å²) in [5, 5.41) is 0.0921. The molecule has 7 heteroatoms. The van der Waals surface area contributed by atoms with E-state index in [1.165, 1.54) is 0 Å². The van der Waals surface area contributed by atoms with Gasteiger partial charge in [-0.2, -0.15) is 0 Å². The van der Waals surface area contributed by atoms with Crippen molar-refractivity contribution < 1.29 is 28.2 Å². The maximum atomic E-state index is 12.7. The molecule has 0 aliphatic heterocycles. The van der Waals surface area contributed by atoms with E-state index < -0.39 is 8.32 Å². The van der Waals surface area contributed by atoms with E-state index in [0.29, 0.717) is 31.8 Å². The van der Waals surface area contributed by atoms with Crippen LogP contribution in [0.4, 0.5) is 0 Å². The number of esters is 1. The highest BCUT2D eigenvalue weighted by Gasteiger charge is 2.41. The van der Waals surface area contributed by atoms with Crippen molar-refractivity contribution in [3.8, 4) is 17.2 Å². The smallest absolute Gasteiger partial charge is 0.311 e. The number of hydrogen-bond acceptors (Lipinski definition) is 6. The van der Waals surface area contributed by atoms with Crippen molar-refractivity contribution in [1.29, 1.82) is 0 Å². The van der Waals surface area contributed by atoms with E-state index in [-0.39, 0.29) is 28.9 Å². The van der Waals surface area contributed by atoms with Gasteiger partial charge in [0, 0.05) is 12.3 Å². The van der Waals surface area contributed by atoms with E-state index in [9.17, 15) is 4.79 Å². The molecule has 42 heavy (non-hydrogen) atoms. The van der Waals surface area contributed by atoms with Gasteiger partial charge >= 0.3 is 5.97 Å². The molecule has 0 bridgehead atoms. The maximum absolute atomic E-state index is 12.7. The lowest BCUT2D eigenvalue weighted by atomic mass is 9.91. The summed E-state index contributed by atoms with van der Waals surface area (Å²) in [5.74, 6) is 2.31. The number of rotatable bonds is 15. The Balaban J connectivity index is 2.07. The lowest BCUT2D eigenvalue weighted by molar-refractivity contribution is -0.134. The van der Waals surface area contributed by atoms with Crippen molar-refractivity contribution in [2.75, 3.05) is 20.8 Å². The topological polar surface area (TPSA) is 63.2 Å². The summed E-state index contributed by atoms with van der Waals surface area (Å²) in [5.41, 5.74) is 4.03. The molecule has 2 aromatic carbocycles. The fourth-order valence-electron chi connectivity index (χ4n) is 4.72. The molecule has 0 N–H and O–H groups in total. The van der Waals surface area contributed by atoms with Gasteiger partial charge in [0.15, 0.2) is 8.32 Å². The predicted octanol–water partition coefficient (Wildman–Crippen LogP) is 8.83. The summed E-state index contributed by atoms with van der Waals surface area (Å²) >= 11 is 0. The van der Waals surface area contributed by atoms with Crippen LogP contribution in [0, 0.1) is 25.7 Å². The van der Waals surface area contributed by atoms with E-state index in [2.05, 4.69) is 60.7 Å². The van der Waals surface area contributed by atoms with Crippen LogP contribution in [0.15, 0.2) is 48.0 Å². The standard InChI is InChI=1S/C35H54O6Si/c1-24(13-18-32(36)40-33-26(3)20-31(38-10)21-27(33)4)19-25(2)34(41-42(11,12)35(6,7)8)28(5)22-39-23-29-14-16-30(37-9)17-15-29/h14-17,19-21,25,28,34H,13,18,22-23H2,1-12H3/b24-19-/t25-,28-,34+/m0/s1. The van der Waals surface area contributed by atoms with Crippen LogP contribution in [0.2, 0.25) is 18.1 Å². The van der Waals surface area contributed by atoms with Crippen LogP contribution in [0.1, 0.15) is 71.1 Å². The average Bonchev–Trinajstić information content (AvgIpc) is 2.92. The number of benzene rings is 2. The van der Waals surface area contributed by atoms with Gasteiger partial charge in [0.1, 0.15) is 17.2 Å². The molecule has 0 unspecified atom stereocenters. The first kappa shape index (κ1) is 35.6. The maximum Gasteiger partial charge on any atom is 0.311 e. The average molecular weight is 599 g/mol. The van der Waals surface area contributed by atoms with Gasteiger partial charge in [-0.15, -0.1) is 0 Å². The largest absolute Gasteiger partial charge is 0.497 e. The Hall–Kier alpha value is -2.61. The molecule has 2 rings (SSSR count).